The van der Waals surface area contributed by atoms with Gasteiger partial charge in [-0.1, -0.05) is 0 Å². The molecule has 6 heteroatoms. The van der Waals surface area contributed by atoms with E-state index in [9.17, 15) is 9.59 Å². The Balaban J connectivity index is 2.37. The fourth-order valence-electron chi connectivity index (χ4n) is 2.24. The largest absolute Gasteiger partial charge is 0.381 e. The fraction of sp³-hybridized carbons (Fsp3) is 0.857. The zero-order chi connectivity index (χ0) is 15.2. The number of nitrogens with two attached hydrogens (primary N) is 1. The Hall–Kier alpha value is -1.14. The van der Waals surface area contributed by atoms with Crippen molar-refractivity contribution >= 4 is 11.8 Å². The molecular formula is C14H27N3O3. The molecule has 0 aliphatic carbocycles. The first kappa shape index (κ1) is 16.9. The number of carbonyl (C=O) groups is 2. The summed E-state index contributed by atoms with van der Waals surface area (Å²) in [6, 6.07) is 0. The summed E-state index contributed by atoms with van der Waals surface area (Å²) in [6.45, 7) is 7.56. The summed E-state index contributed by atoms with van der Waals surface area (Å²) in [7, 11) is 0. The molecule has 2 amide bonds. The van der Waals surface area contributed by atoms with E-state index < -0.39 is 5.41 Å². The lowest BCUT2D eigenvalue weighted by Gasteiger charge is -2.34. The van der Waals surface area contributed by atoms with Crippen LogP contribution in [0.3, 0.4) is 0 Å². The predicted octanol–water partition coefficient (Wildman–Crippen LogP) is 0.163. The molecule has 6 nitrogen and oxygen atoms in total. The second kappa shape index (κ2) is 7.04. The van der Waals surface area contributed by atoms with E-state index in [0.29, 0.717) is 39.1 Å². The van der Waals surface area contributed by atoms with Crippen LogP contribution in [-0.4, -0.2) is 43.7 Å². The topological polar surface area (TPSA) is 93.5 Å². The standard InChI is InChI=1S/C14H27N3O3/c1-13(2,3)17-11(18)4-7-16-12(19)14(10-15)5-8-20-9-6-14/h4-10,15H2,1-3H3,(H,16,19)(H,17,18). The summed E-state index contributed by atoms with van der Waals surface area (Å²) in [5.74, 6) is -0.126. The van der Waals surface area contributed by atoms with Crippen molar-refractivity contribution in [1.29, 1.82) is 0 Å². The molecule has 4 N–H and O–H groups in total. The average Bonchev–Trinajstić information content (AvgIpc) is 2.37. The Morgan fingerprint density at radius 2 is 1.85 bits per heavy atom. The van der Waals surface area contributed by atoms with Gasteiger partial charge in [-0.25, -0.2) is 0 Å². The molecule has 1 saturated heterocycles. The lowest BCUT2D eigenvalue weighted by molar-refractivity contribution is -0.136. The maximum absolute atomic E-state index is 12.2. The van der Waals surface area contributed by atoms with Gasteiger partial charge in [0.05, 0.1) is 5.41 Å². The number of hydrogen-bond acceptors (Lipinski definition) is 4. The molecule has 0 aromatic carbocycles. The molecule has 1 aliphatic rings. The summed E-state index contributed by atoms with van der Waals surface area (Å²) in [6.07, 6.45) is 1.56. The highest BCUT2D eigenvalue weighted by atomic mass is 16.5. The maximum Gasteiger partial charge on any atom is 0.227 e. The molecule has 0 unspecified atom stereocenters. The van der Waals surface area contributed by atoms with Crippen LogP contribution in [0.15, 0.2) is 0 Å². The van der Waals surface area contributed by atoms with Crippen molar-refractivity contribution in [3.8, 4) is 0 Å². The van der Waals surface area contributed by atoms with Crippen molar-refractivity contribution in [2.75, 3.05) is 26.3 Å². The molecule has 1 heterocycles. The number of hydrogen-bond donors (Lipinski definition) is 3. The van der Waals surface area contributed by atoms with Crippen LogP contribution in [0, 0.1) is 5.41 Å². The van der Waals surface area contributed by atoms with Crippen LogP contribution >= 0.6 is 0 Å². The monoisotopic (exact) mass is 285 g/mol. The van der Waals surface area contributed by atoms with Gasteiger partial charge >= 0.3 is 0 Å². The Bertz CT molecular complexity index is 344. The van der Waals surface area contributed by atoms with Crippen molar-refractivity contribution < 1.29 is 14.3 Å². The van der Waals surface area contributed by atoms with E-state index >= 15 is 0 Å². The minimum atomic E-state index is -0.529. The first-order valence-electron chi connectivity index (χ1n) is 7.16. The van der Waals surface area contributed by atoms with Gasteiger partial charge in [0, 0.05) is 38.3 Å². The van der Waals surface area contributed by atoms with E-state index in [1.54, 1.807) is 0 Å². The number of carbonyl (C=O) groups excluding carboxylic acids is 2. The van der Waals surface area contributed by atoms with Crippen LogP contribution in [0.5, 0.6) is 0 Å². The maximum atomic E-state index is 12.2. The molecular weight excluding hydrogens is 258 g/mol. The van der Waals surface area contributed by atoms with Crippen LogP contribution in [0.1, 0.15) is 40.0 Å². The van der Waals surface area contributed by atoms with Crippen LogP contribution in [0.4, 0.5) is 0 Å². The highest BCUT2D eigenvalue weighted by Crippen LogP contribution is 2.29. The van der Waals surface area contributed by atoms with E-state index in [4.69, 9.17) is 10.5 Å². The first-order valence-corrected chi connectivity index (χ1v) is 7.16. The molecule has 0 aromatic heterocycles. The summed E-state index contributed by atoms with van der Waals surface area (Å²) in [5.41, 5.74) is 4.98. The van der Waals surface area contributed by atoms with E-state index in [0.717, 1.165) is 0 Å². The summed E-state index contributed by atoms with van der Waals surface area (Å²) in [4.78, 5) is 23.9. The quantitative estimate of drug-likeness (QED) is 0.671. The zero-order valence-corrected chi connectivity index (χ0v) is 12.8. The highest BCUT2D eigenvalue weighted by molar-refractivity contribution is 5.84. The van der Waals surface area contributed by atoms with E-state index in [2.05, 4.69) is 10.6 Å². The Morgan fingerprint density at radius 1 is 1.25 bits per heavy atom. The van der Waals surface area contributed by atoms with Crippen molar-refractivity contribution in [1.82, 2.24) is 10.6 Å². The summed E-state index contributed by atoms with van der Waals surface area (Å²) >= 11 is 0. The molecule has 0 atom stereocenters. The van der Waals surface area contributed by atoms with Gasteiger partial charge in [-0.05, 0) is 33.6 Å². The number of rotatable bonds is 5. The third-order valence-electron chi connectivity index (χ3n) is 3.47. The summed E-state index contributed by atoms with van der Waals surface area (Å²) in [5, 5.41) is 5.69. The van der Waals surface area contributed by atoms with E-state index in [-0.39, 0.29) is 23.8 Å². The lowest BCUT2D eigenvalue weighted by Crippen LogP contribution is -2.50. The smallest absolute Gasteiger partial charge is 0.227 e. The van der Waals surface area contributed by atoms with Crippen molar-refractivity contribution in [2.24, 2.45) is 11.1 Å². The van der Waals surface area contributed by atoms with Crippen LogP contribution < -0.4 is 16.4 Å². The van der Waals surface area contributed by atoms with Crippen LogP contribution in [-0.2, 0) is 14.3 Å². The van der Waals surface area contributed by atoms with Gasteiger partial charge in [0.15, 0.2) is 0 Å². The predicted molar refractivity (Wildman–Crippen MR) is 77.1 cm³/mol. The van der Waals surface area contributed by atoms with Crippen molar-refractivity contribution in [2.45, 2.75) is 45.6 Å². The van der Waals surface area contributed by atoms with Crippen LogP contribution in [0.25, 0.3) is 0 Å². The van der Waals surface area contributed by atoms with E-state index in [1.807, 2.05) is 20.8 Å². The van der Waals surface area contributed by atoms with Crippen molar-refractivity contribution in [3.63, 3.8) is 0 Å². The van der Waals surface area contributed by atoms with Crippen molar-refractivity contribution in [3.05, 3.63) is 0 Å². The van der Waals surface area contributed by atoms with Gasteiger partial charge in [-0.3, -0.25) is 9.59 Å². The second-order valence-electron chi connectivity index (χ2n) is 6.40. The molecule has 0 aromatic rings. The third-order valence-corrected chi connectivity index (χ3v) is 3.47. The fourth-order valence-corrected chi connectivity index (χ4v) is 2.24. The Labute approximate surface area is 120 Å². The molecule has 20 heavy (non-hydrogen) atoms. The van der Waals surface area contributed by atoms with Gasteiger partial charge in [0.2, 0.25) is 11.8 Å². The highest BCUT2D eigenvalue weighted by Gasteiger charge is 2.38. The third kappa shape index (κ3) is 5.09. The molecule has 0 saturated carbocycles. The van der Waals surface area contributed by atoms with Gasteiger partial charge in [-0.15, -0.1) is 0 Å². The SMILES string of the molecule is CC(C)(C)NC(=O)CCNC(=O)C1(CN)CCOCC1. The van der Waals surface area contributed by atoms with E-state index in [1.165, 1.54) is 0 Å². The number of ether oxygens (including phenoxy) is 1. The molecule has 1 fully saturated rings. The Kier molecular flexibility index (Phi) is 5.95. The molecule has 0 radical (unpaired) electrons. The summed E-state index contributed by atoms with van der Waals surface area (Å²) < 4.78 is 5.27. The minimum Gasteiger partial charge on any atom is -0.381 e. The average molecular weight is 285 g/mol. The number of nitrogens with one attached hydrogen (secondary N) is 2. The van der Waals surface area contributed by atoms with Gasteiger partial charge in [0.1, 0.15) is 0 Å². The molecule has 1 rings (SSSR count). The van der Waals surface area contributed by atoms with Gasteiger partial charge < -0.3 is 21.1 Å². The Morgan fingerprint density at radius 3 is 2.35 bits per heavy atom. The number of amides is 2. The second-order valence-corrected chi connectivity index (χ2v) is 6.40. The zero-order valence-electron chi connectivity index (χ0n) is 12.8. The lowest BCUT2D eigenvalue weighted by atomic mass is 9.79. The molecule has 0 bridgehead atoms. The molecule has 0 spiro atoms. The normalized spacial score (nSPS) is 18.4. The van der Waals surface area contributed by atoms with Crippen LogP contribution in [0.2, 0.25) is 0 Å². The first-order chi connectivity index (χ1) is 9.29. The minimum absolute atomic E-state index is 0.0631. The molecule has 1 aliphatic heterocycles. The van der Waals surface area contributed by atoms with Gasteiger partial charge in [-0.2, -0.15) is 0 Å². The van der Waals surface area contributed by atoms with Gasteiger partial charge in [0.25, 0.3) is 0 Å². The molecule has 116 valence electrons.